The fraction of sp³-hybridized carbons (Fsp3) is 0. The molecule has 0 saturated carbocycles. The van der Waals surface area contributed by atoms with Gasteiger partial charge in [-0.05, 0) is 29.0 Å². The number of fused-ring (bicyclic) bond motifs is 2. The zero-order valence-electron chi connectivity index (χ0n) is 14.2. The molecule has 0 spiro atoms. The monoisotopic (exact) mass is 373 g/mol. The maximum absolute atomic E-state index is 12.9. The van der Waals surface area contributed by atoms with Gasteiger partial charge in [0.05, 0.1) is 21.8 Å². The lowest BCUT2D eigenvalue weighted by Gasteiger charge is -2.13. The maximum Gasteiger partial charge on any atom is 0.261 e. The van der Waals surface area contributed by atoms with Gasteiger partial charge in [0.25, 0.3) is 10.0 Å². The molecule has 0 bridgehead atoms. The number of nitriles is 1. The Morgan fingerprint density at radius 2 is 1.52 bits per heavy atom. The van der Waals surface area contributed by atoms with Crippen LogP contribution in [0.4, 0.5) is 11.4 Å². The van der Waals surface area contributed by atoms with E-state index in [-0.39, 0.29) is 10.5 Å². The predicted octanol–water partition coefficient (Wildman–Crippen LogP) is 4.25. The summed E-state index contributed by atoms with van der Waals surface area (Å²) < 4.78 is 28.5. The lowest BCUT2D eigenvalue weighted by atomic mass is 10.0. The van der Waals surface area contributed by atoms with Crippen molar-refractivity contribution in [3.8, 4) is 6.07 Å². The highest BCUT2D eigenvalue weighted by atomic mass is 32.2. The Bertz CT molecular complexity index is 1340. The Hall–Kier alpha value is -3.56. The van der Waals surface area contributed by atoms with Crippen LogP contribution in [0, 0.1) is 11.3 Å². The van der Waals surface area contributed by atoms with E-state index >= 15 is 0 Å². The van der Waals surface area contributed by atoms with E-state index in [2.05, 4.69) is 4.72 Å². The second kappa shape index (κ2) is 6.31. The minimum atomic E-state index is -3.83. The van der Waals surface area contributed by atoms with Gasteiger partial charge in [-0.2, -0.15) is 5.26 Å². The Labute approximate surface area is 156 Å². The highest BCUT2D eigenvalue weighted by Crippen LogP contribution is 2.33. The predicted molar refractivity (Wildman–Crippen MR) is 108 cm³/mol. The van der Waals surface area contributed by atoms with Crippen LogP contribution < -0.4 is 10.5 Å². The second-order valence-corrected chi connectivity index (χ2v) is 7.84. The molecule has 132 valence electrons. The Morgan fingerprint density at radius 1 is 0.852 bits per heavy atom. The smallest absolute Gasteiger partial charge is 0.261 e. The van der Waals surface area contributed by atoms with Crippen molar-refractivity contribution in [3.05, 3.63) is 78.4 Å². The molecule has 0 fully saturated rings. The van der Waals surface area contributed by atoms with Crippen LogP contribution in [0.25, 0.3) is 21.5 Å². The molecule has 0 amide bonds. The van der Waals surface area contributed by atoms with Crippen molar-refractivity contribution >= 4 is 42.9 Å². The molecule has 0 aromatic heterocycles. The normalized spacial score (nSPS) is 11.4. The molecule has 0 unspecified atom stereocenters. The van der Waals surface area contributed by atoms with Gasteiger partial charge in [0, 0.05) is 10.8 Å². The van der Waals surface area contributed by atoms with Gasteiger partial charge in [-0.3, -0.25) is 4.72 Å². The lowest BCUT2D eigenvalue weighted by Crippen LogP contribution is -2.13. The summed E-state index contributed by atoms with van der Waals surface area (Å²) in [6.07, 6.45) is 0. The molecule has 0 aliphatic heterocycles. The van der Waals surface area contributed by atoms with Gasteiger partial charge in [-0.1, -0.05) is 54.6 Å². The third kappa shape index (κ3) is 2.94. The number of nitrogens with zero attached hydrogens (tertiary/aromatic N) is 1. The minimum absolute atomic E-state index is 0.153. The van der Waals surface area contributed by atoms with E-state index in [1.54, 1.807) is 42.5 Å². The van der Waals surface area contributed by atoms with Crippen molar-refractivity contribution < 1.29 is 8.42 Å². The third-order valence-electron chi connectivity index (χ3n) is 4.48. The van der Waals surface area contributed by atoms with Crippen LogP contribution in [-0.4, -0.2) is 8.42 Å². The standard InChI is InChI=1S/C21H15N3O2S/c22-13-16-12-20(18-7-3-4-8-19(18)21(16)23)24-27(25,26)17-10-9-14-5-1-2-6-15(14)11-17/h1-12,24H,23H2. The van der Waals surface area contributed by atoms with Crippen LogP contribution in [-0.2, 0) is 10.0 Å². The van der Waals surface area contributed by atoms with Crippen molar-refractivity contribution in [1.82, 2.24) is 0 Å². The van der Waals surface area contributed by atoms with E-state index in [1.807, 2.05) is 30.3 Å². The first-order chi connectivity index (χ1) is 13.0. The minimum Gasteiger partial charge on any atom is -0.397 e. The molecule has 3 N–H and O–H groups in total. The van der Waals surface area contributed by atoms with E-state index in [1.165, 1.54) is 6.07 Å². The van der Waals surface area contributed by atoms with Crippen LogP contribution in [0.3, 0.4) is 0 Å². The fourth-order valence-electron chi connectivity index (χ4n) is 3.11. The van der Waals surface area contributed by atoms with Crippen LogP contribution in [0.2, 0.25) is 0 Å². The highest BCUT2D eigenvalue weighted by Gasteiger charge is 2.18. The van der Waals surface area contributed by atoms with E-state index < -0.39 is 10.0 Å². The molecule has 4 rings (SSSR count). The highest BCUT2D eigenvalue weighted by molar-refractivity contribution is 7.92. The van der Waals surface area contributed by atoms with Gasteiger partial charge >= 0.3 is 0 Å². The van der Waals surface area contributed by atoms with E-state index in [9.17, 15) is 13.7 Å². The summed E-state index contributed by atoms with van der Waals surface area (Å²) in [6.45, 7) is 0. The van der Waals surface area contributed by atoms with Crippen molar-refractivity contribution in [2.75, 3.05) is 10.5 Å². The van der Waals surface area contributed by atoms with E-state index in [4.69, 9.17) is 5.73 Å². The van der Waals surface area contributed by atoms with Crippen LogP contribution in [0.15, 0.2) is 77.7 Å². The molecule has 0 radical (unpaired) electrons. The van der Waals surface area contributed by atoms with Gasteiger partial charge in [-0.25, -0.2) is 8.42 Å². The lowest BCUT2D eigenvalue weighted by molar-refractivity contribution is 0.601. The molecule has 4 aromatic rings. The van der Waals surface area contributed by atoms with Gasteiger partial charge in [0.2, 0.25) is 0 Å². The number of hydrogen-bond acceptors (Lipinski definition) is 4. The molecule has 4 aromatic carbocycles. The first kappa shape index (κ1) is 16.9. The number of hydrogen-bond donors (Lipinski definition) is 2. The molecule has 0 atom stereocenters. The number of sulfonamides is 1. The summed E-state index contributed by atoms with van der Waals surface area (Å²) in [5.41, 5.74) is 6.92. The summed E-state index contributed by atoms with van der Waals surface area (Å²) in [7, 11) is -3.83. The molecule has 5 nitrogen and oxygen atoms in total. The van der Waals surface area contributed by atoms with Crippen LogP contribution in [0.1, 0.15) is 5.56 Å². The van der Waals surface area contributed by atoms with Gasteiger partial charge < -0.3 is 5.73 Å². The summed E-state index contributed by atoms with van der Waals surface area (Å²) in [4.78, 5) is 0.153. The quantitative estimate of drug-likeness (QED) is 0.525. The zero-order valence-corrected chi connectivity index (χ0v) is 15.0. The van der Waals surface area contributed by atoms with Crippen LogP contribution in [0.5, 0.6) is 0 Å². The molecular formula is C21H15N3O2S. The van der Waals surface area contributed by atoms with Crippen molar-refractivity contribution in [3.63, 3.8) is 0 Å². The summed E-state index contributed by atoms with van der Waals surface area (Å²) in [5, 5.41) is 12.4. The number of nitrogen functional groups attached to an aromatic ring is 1. The molecule has 0 aliphatic rings. The number of anilines is 2. The molecule has 27 heavy (non-hydrogen) atoms. The average molecular weight is 373 g/mol. The Kier molecular flexibility index (Phi) is 3.94. The molecule has 6 heteroatoms. The second-order valence-electron chi connectivity index (χ2n) is 6.16. The first-order valence-corrected chi connectivity index (χ1v) is 9.71. The van der Waals surface area contributed by atoms with E-state index in [0.29, 0.717) is 22.1 Å². The number of rotatable bonds is 3. The largest absolute Gasteiger partial charge is 0.397 e. The molecular weight excluding hydrogens is 358 g/mol. The zero-order chi connectivity index (χ0) is 19.0. The van der Waals surface area contributed by atoms with Crippen molar-refractivity contribution in [1.29, 1.82) is 5.26 Å². The Balaban J connectivity index is 1.85. The Morgan fingerprint density at radius 3 is 2.26 bits per heavy atom. The molecule has 0 saturated heterocycles. The first-order valence-electron chi connectivity index (χ1n) is 8.22. The summed E-state index contributed by atoms with van der Waals surface area (Å²) in [5.74, 6) is 0. The summed E-state index contributed by atoms with van der Waals surface area (Å²) >= 11 is 0. The SMILES string of the molecule is N#Cc1cc(NS(=O)(=O)c2ccc3ccccc3c2)c2ccccc2c1N. The maximum atomic E-state index is 12.9. The van der Waals surface area contributed by atoms with E-state index in [0.717, 1.165) is 10.8 Å². The third-order valence-corrected chi connectivity index (χ3v) is 5.85. The van der Waals surface area contributed by atoms with Crippen molar-refractivity contribution in [2.45, 2.75) is 4.90 Å². The van der Waals surface area contributed by atoms with Gasteiger partial charge in [0.1, 0.15) is 6.07 Å². The number of nitrogens with one attached hydrogen (secondary N) is 1. The average Bonchev–Trinajstić information content (AvgIpc) is 2.69. The van der Waals surface area contributed by atoms with Crippen molar-refractivity contribution in [2.24, 2.45) is 0 Å². The summed E-state index contributed by atoms with van der Waals surface area (Å²) in [6, 6.07) is 23.1. The van der Waals surface area contributed by atoms with Crippen LogP contribution >= 0.6 is 0 Å². The topological polar surface area (TPSA) is 96.0 Å². The van der Waals surface area contributed by atoms with Gasteiger partial charge in [0.15, 0.2) is 0 Å². The van der Waals surface area contributed by atoms with Gasteiger partial charge in [-0.15, -0.1) is 0 Å². The molecule has 0 aliphatic carbocycles. The fourth-order valence-corrected chi connectivity index (χ4v) is 4.22. The molecule has 0 heterocycles. The number of benzene rings is 4. The number of nitrogens with two attached hydrogens (primary N) is 1.